The van der Waals surface area contributed by atoms with Gasteiger partial charge in [0.05, 0.1) is 11.0 Å². The van der Waals surface area contributed by atoms with E-state index in [1.165, 1.54) is 0 Å². The molecule has 0 aliphatic rings. The van der Waals surface area contributed by atoms with Crippen LogP contribution in [0, 0.1) is 0 Å². The van der Waals surface area contributed by atoms with Crippen molar-refractivity contribution in [1.29, 1.82) is 0 Å². The lowest BCUT2D eigenvalue weighted by molar-refractivity contribution is 0.0940. The predicted octanol–water partition coefficient (Wildman–Crippen LogP) is 6.66. The van der Waals surface area contributed by atoms with E-state index in [1.54, 1.807) is 12.1 Å². The molecule has 6 nitrogen and oxygen atoms in total. The summed E-state index contributed by atoms with van der Waals surface area (Å²) in [5, 5.41) is 8.04. The Kier molecular flexibility index (Phi) is 11.3. The number of carbonyl (C=O) groups excluding carboxylic acids is 2. The van der Waals surface area contributed by atoms with Gasteiger partial charge in [0.25, 0.3) is 11.8 Å². The Morgan fingerprint density at radius 1 is 0.553 bits per heavy atom. The lowest BCUT2D eigenvalue weighted by atomic mass is 10.2. The smallest absolute Gasteiger partial charge is 0.269 e. The number of carbonyl (C=O) groups is 2. The first-order chi connectivity index (χ1) is 18.7. The van der Waals surface area contributed by atoms with E-state index in [2.05, 4.69) is 20.6 Å². The quantitative estimate of drug-likeness (QED) is 0.128. The van der Waals surface area contributed by atoms with Crippen LogP contribution < -0.4 is 10.6 Å². The topological polar surface area (TPSA) is 84.0 Å². The van der Waals surface area contributed by atoms with E-state index < -0.39 is 0 Å². The second-order valence-corrected chi connectivity index (χ2v) is 11.8. The van der Waals surface area contributed by atoms with Crippen LogP contribution in [0.3, 0.4) is 0 Å². The number of unbranched alkanes of at least 4 members (excludes halogenated alkanes) is 4. The average molecular weight is 547 g/mol. The van der Waals surface area contributed by atoms with Crippen LogP contribution in [0.5, 0.6) is 0 Å². The predicted molar refractivity (Wildman–Crippen MR) is 161 cm³/mol. The zero-order valence-corrected chi connectivity index (χ0v) is 23.2. The third kappa shape index (κ3) is 8.74. The summed E-state index contributed by atoms with van der Waals surface area (Å²) in [6.07, 6.45) is 6.46. The van der Waals surface area contributed by atoms with Crippen LogP contribution in [-0.4, -0.2) is 46.4 Å². The first kappa shape index (κ1) is 27.9. The lowest BCUT2D eigenvalue weighted by Crippen LogP contribution is -2.25. The second kappa shape index (κ2) is 15.3. The van der Waals surface area contributed by atoms with Crippen molar-refractivity contribution in [2.24, 2.45) is 0 Å². The molecular weight excluding hydrogens is 512 g/mol. The van der Waals surface area contributed by atoms with Crippen molar-refractivity contribution in [2.75, 3.05) is 24.6 Å². The van der Waals surface area contributed by atoms with Crippen molar-refractivity contribution in [2.45, 2.75) is 38.5 Å². The van der Waals surface area contributed by atoms with Gasteiger partial charge < -0.3 is 10.6 Å². The third-order valence-electron chi connectivity index (χ3n) is 6.13. The fourth-order valence-corrected chi connectivity index (χ4v) is 6.31. The Bertz CT molecular complexity index is 1240. The maximum atomic E-state index is 12.3. The number of hydrogen-bond donors (Lipinski definition) is 2. The number of hydrogen-bond acceptors (Lipinski definition) is 6. The molecule has 2 aromatic heterocycles. The number of fused-ring (bicyclic) bond motifs is 2. The molecule has 0 bridgehead atoms. The van der Waals surface area contributed by atoms with E-state index in [9.17, 15) is 9.59 Å². The molecule has 0 fully saturated rings. The van der Waals surface area contributed by atoms with Gasteiger partial charge in [0, 0.05) is 35.4 Å². The van der Waals surface area contributed by atoms with Crippen LogP contribution in [0.15, 0.2) is 72.8 Å². The number of pyridine rings is 2. The summed E-state index contributed by atoms with van der Waals surface area (Å²) < 4.78 is 0. The van der Waals surface area contributed by atoms with Gasteiger partial charge >= 0.3 is 0 Å². The molecule has 4 aromatic rings. The maximum Gasteiger partial charge on any atom is 0.269 e. The summed E-state index contributed by atoms with van der Waals surface area (Å²) in [5.41, 5.74) is 2.63. The highest BCUT2D eigenvalue weighted by Crippen LogP contribution is 2.24. The van der Waals surface area contributed by atoms with Gasteiger partial charge in [0.1, 0.15) is 11.4 Å². The Hall–Kier alpha value is -3.10. The lowest BCUT2D eigenvalue weighted by Gasteiger charge is -2.06. The van der Waals surface area contributed by atoms with E-state index in [-0.39, 0.29) is 11.8 Å². The fourth-order valence-electron chi connectivity index (χ4n) is 4.01. The van der Waals surface area contributed by atoms with E-state index in [1.807, 2.05) is 82.3 Å². The Labute approximate surface area is 232 Å². The molecule has 0 radical (unpaired) electrons. The molecule has 198 valence electrons. The first-order valence-corrected chi connectivity index (χ1v) is 15.7. The minimum absolute atomic E-state index is 0.106. The number of para-hydroxylation sites is 2. The van der Waals surface area contributed by atoms with E-state index >= 15 is 0 Å². The van der Waals surface area contributed by atoms with Crippen molar-refractivity contribution in [1.82, 2.24) is 20.6 Å². The minimum Gasteiger partial charge on any atom is -0.351 e. The minimum atomic E-state index is -0.106. The standard InChI is InChI=1S/C30H34N4O2S2/c35-29(27-17-15-23-11-3-5-13-25(23)33-27)31-19-7-1-9-21-37-38-22-10-2-8-20-32-30(36)28-18-16-24-12-4-6-14-26(24)34-28/h3-6,11-18H,1-2,7-10,19-22H2,(H,31,35)(H,32,36). The van der Waals surface area contributed by atoms with Crippen molar-refractivity contribution in [3.05, 3.63) is 84.2 Å². The average Bonchev–Trinajstić information content (AvgIpc) is 2.96. The molecule has 0 atom stereocenters. The van der Waals surface area contributed by atoms with Gasteiger partial charge in [-0.2, -0.15) is 0 Å². The van der Waals surface area contributed by atoms with Crippen LogP contribution in [0.2, 0.25) is 0 Å². The van der Waals surface area contributed by atoms with Crippen LogP contribution in [0.1, 0.15) is 59.5 Å². The molecular formula is C30H34N4O2S2. The summed E-state index contributed by atoms with van der Waals surface area (Å²) in [4.78, 5) is 33.5. The van der Waals surface area contributed by atoms with Gasteiger partial charge in [0.15, 0.2) is 0 Å². The molecule has 2 heterocycles. The normalized spacial score (nSPS) is 11.1. The van der Waals surface area contributed by atoms with E-state index in [4.69, 9.17) is 0 Å². The van der Waals surface area contributed by atoms with Crippen molar-refractivity contribution in [3.63, 3.8) is 0 Å². The monoisotopic (exact) mass is 546 g/mol. The molecule has 0 spiro atoms. The van der Waals surface area contributed by atoms with Gasteiger partial charge in [-0.15, -0.1) is 0 Å². The van der Waals surface area contributed by atoms with Gasteiger partial charge in [-0.1, -0.05) is 83.0 Å². The summed E-state index contributed by atoms with van der Waals surface area (Å²) in [6.45, 7) is 1.36. The highest BCUT2D eigenvalue weighted by atomic mass is 33.1. The number of amides is 2. The first-order valence-electron chi connectivity index (χ1n) is 13.2. The van der Waals surface area contributed by atoms with Crippen LogP contribution in [-0.2, 0) is 0 Å². The van der Waals surface area contributed by atoms with Crippen molar-refractivity contribution in [3.8, 4) is 0 Å². The summed E-state index contributed by atoms with van der Waals surface area (Å²) in [6, 6.07) is 23.1. The van der Waals surface area contributed by atoms with Crippen molar-refractivity contribution >= 4 is 55.2 Å². The highest BCUT2D eigenvalue weighted by Gasteiger charge is 2.08. The third-order valence-corrected chi connectivity index (χ3v) is 8.70. The summed E-state index contributed by atoms with van der Waals surface area (Å²) in [7, 11) is 3.85. The van der Waals surface area contributed by atoms with Gasteiger partial charge in [-0.25, -0.2) is 9.97 Å². The highest BCUT2D eigenvalue weighted by molar-refractivity contribution is 8.76. The molecule has 0 saturated carbocycles. The maximum absolute atomic E-state index is 12.3. The van der Waals surface area contributed by atoms with Gasteiger partial charge in [0.2, 0.25) is 0 Å². The largest absolute Gasteiger partial charge is 0.351 e. The van der Waals surface area contributed by atoms with Gasteiger partial charge in [-0.3, -0.25) is 9.59 Å². The molecule has 38 heavy (non-hydrogen) atoms. The van der Waals surface area contributed by atoms with Crippen LogP contribution in [0.4, 0.5) is 0 Å². The summed E-state index contributed by atoms with van der Waals surface area (Å²) in [5.74, 6) is 2.04. The van der Waals surface area contributed by atoms with Crippen LogP contribution >= 0.6 is 21.6 Å². The number of aromatic nitrogens is 2. The molecule has 8 heteroatoms. The Morgan fingerprint density at radius 2 is 1.00 bits per heavy atom. The molecule has 0 aliphatic carbocycles. The molecule has 4 rings (SSSR count). The van der Waals surface area contributed by atoms with E-state index in [0.29, 0.717) is 24.5 Å². The molecule has 0 unspecified atom stereocenters. The Balaban J connectivity index is 0.954. The SMILES string of the molecule is O=C(NCCCCCSSCCCCCNC(=O)c1ccc2ccccc2n1)c1ccc2ccccc2n1. The van der Waals surface area contributed by atoms with Gasteiger partial charge in [-0.05, 0) is 49.9 Å². The van der Waals surface area contributed by atoms with E-state index in [0.717, 1.165) is 71.8 Å². The molecule has 2 N–H and O–H groups in total. The van der Waals surface area contributed by atoms with Crippen molar-refractivity contribution < 1.29 is 9.59 Å². The number of nitrogens with zero attached hydrogens (tertiary/aromatic N) is 2. The molecule has 2 aromatic carbocycles. The molecule has 2 amide bonds. The number of rotatable bonds is 15. The number of benzene rings is 2. The molecule has 0 saturated heterocycles. The Morgan fingerprint density at radius 3 is 1.47 bits per heavy atom. The fraction of sp³-hybridized carbons (Fsp3) is 0.333. The molecule has 0 aliphatic heterocycles. The summed E-state index contributed by atoms with van der Waals surface area (Å²) >= 11 is 0. The second-order valence-electron chi connectivity index (χ2n) is 9.06. The zero-order valence-electron chi connectivity index (χ0n) is 21.5. The zero-order chi connectivity index (χ0) is 26.4. The van der Waals surface area contributed by atoms with Crippen LogP contribution in [0.25, 0.3) is 21.8 Å². The number of nitrogens with one attached hydrogen (secondary N) is 2.